The molecule has 0 aliphatic carbocycles. The highest BCUT2D eigenvalue weighted by Gasteiger charge is 2.06. The van der Waals surface area contributed by atoms with Crippen LogP contribution in [-0.2, 0) is 6.42 Å². The number of aryl methyl sites for hydroxylation is 1. The minimum absolute atomic E-state index is 0.727. The van der Waals surface area contributed by atoms with Gasteiger partial charge in [-0.25, -0.2) is 4.98 Å². The summed E-state index contributed by atoms with van der Waals surface area (Å²) in [6.07, 6.45) is 8.18. The number of rotatable bonds is 4. The average Bonchev–Trinajstić information content (AvgIpc) is 2.61. The molecule has 1 rings (SSSR count). The van der Waals surface area contributed by atoms with E-state index < -0.39 is 6.89 Å². The highest BCUT2D eigenvalue weighted by Crippen LogP contribution is 2.35. The van der Waals surface area contributed by atoms with Gasteiger partial charge < -0.3 is 10.8 Å². The van der Waals surface area contributed by atoms with Crippen molar-refractivity contribution in [3.63, 3.8) is 0 Å². The number of hydrogen-bond acceptors (Lipinski definition) is 3. The van der Waals surface area contributed by atoms with Crippen LogP contribution < -0.4 is 5.84 Å². The molecule has 0 saturated carbocycles. The highest BCUT2D eigenvalue weighted by molar-refractivity contribution is 7.72. The van der Waals surface area contributed by atoms with Gasteiger partial charge in [0.05, 0.1) is 11.4 Å². The first-order valence-corrected chi connectivity index (χ1v) is 7.94. The Bertz CT molecular complexity index is 399. The summed E-state index contributed by atoms with van der Waals surface area (Å²) in [6, 6.07) is 0. The van der Waals surface area contributed by atoms with E-state index in [4.69, 9.17) is 5.84 Å². The van der Waals surface area contributed by atoms with Gasteiger partial charge in [0.2, 0.25) is 0 Å². The van der Waals surface area contributed by atoms with Gasteiger partial charge in [0, 0.05) is 6.20 Å². The molecule has 15 heavy (non-hydrogen) atoms. The van der Waals surface area contributed by atoms with E-state index in [0.717, 1.165) is 29.8 Å². The topological polar surface area (TPSA) is 67.1 Å². The molecule has 84 valence electrons. The molecule has 3 N–H and O–H groups in total. The molecule has 0 amide bonds. The Morgan fingerprint density at radius 2 is 2.33 bits per heavy atom. The Morgan fingerprint density at radius 1 is 1.67 bits per heavy atom. The molecule has 0 unspecified atom stereocenters. The van der Waals surface area contributed by atoms with E-state index in [9.17, 15) is 0 Å². The first-order chi connectivity index (χ1) is 6.92. The van der Waals surface area contributed by atoms with Crippen LogP contribution in [0.5, 0.6) is 0 Å². The van der Waals surface area contributed by atoms with Crippen molar-refractivity contribution < 1.29 is 0 Å². The summed E-state index contributed by atoms with van der Waals surface area (Å²) in [5.74, 6) is 5.94. The van der Waals surface area contributed by atoms with Crippen LogP contribution in [0.15, 0.2) is 11.3 Å². The second kappa shape index (κ2) is 4.67. The smallest absolute Gasteiger partial charge is 0.153 e. The van der Waals surface area contributed by atoms with Crippen LogP contribution in [0.4, 0.5) is 0 Å². The van der Waals surface area contributed by atoms with Gasteiger partial charge in [-0.15, -0.1) is 13.2 Å². The van der Waals surface area contributed by atoms with Gasteiger partial charge in [0.1, 0.15) is 0 Å². The molecule has 5 heteroatoms. The van der Waals surface area contributed by atoms with Gasteiger partial charge in [0.25, 0.3) is 0 Å². The molecule has 0 atom stereocenters. The molecule has 0 bridgehead atoms. The molecule has 0 spiro atoms. The van der Waals surface area contributed by atoms with Crippen LogP contribution in [0.3, 0.4) is 0 Å². The van der Waals surface area contributed by atoms with E-state index in [1.807, 2.05) is 13.1 Å². The first kappa shape index (κ1) is 12.1. The molecule has 1 heterocycles. The van der Waals surface area contributed by atoms with E-state index in [0.29, 0.717) is 0 Å². The lowest BCUT2D eigenvalue weighted by Crippen LogP contribution is -2.01. The zero-order chi connectivity index (χ0) is 11.5. The predicted molar refractivity (Wildman–Crippen MR) is 69.4 cm³/mol. The SMILES string of the molecule is C=P(C)(C)CCc1c[nH]c(/C(C)=N/N)n1. The molecule has 0 saturated heterocycles. The third-order valence-corrected chi connectivity index (χ3v) is 3.57. The van der Waals surface area contributed by atoms with Crippen molar-refractivity contribution in [3.8, 4) is 0 Å². The summed E-state index contributed by atoms with van der Waals surface area (Å²) in [4.78, 5) is 7.47. The quantitative estimate of drug-likeness (QED) is 0.352. The number of hydrazone groups is 1. The lowest BCUT2D eigenvalue weighted by atomic mass is 10.4. The number of hydrogen-bond donors (Lipinski definition) is 2. The number of imidazole rings is 1. The van der Waals surface area contributed by atoms with Gasteiger partial charge >= 0.3 is 0 Å². The van der Waals surface area contributed by atoms with Crippen LogP contribution in [-0.4, -0.2) is 41.5 Å². The van der Waals surface area contributed by atoms with Crippen LogP contribution in [0.25, 0.3) is 0 Å². The largest absolute Gasteiger partial charge is 0.343 e. The predicted octanol–water partition coefficient (Wildman–Crippen LogP) is 1.34. The number of nitrogens with two attached hydrogens (primary N) is 1. The Morgan fingerprint density at radius 3 is 2.87 bits per heavy atom. The van der Waals surface area contributed by atoms with Crippen molar-refractivity contribution in [2.24, 2.45) is 10.9 Å². The third kappa shape index (κ3) is 3.92. The van der Waals surface area contributed by atoms with Crippen LogP contribution >= 0.6 is 6.89 Å². The Hall–Kier alpha value is -1.02. The molecular weight excluding hydrogens is 207 g/mol. The second-order valence-corrected chi connectivity index (χ2v) is 8.68. The summed E-state index contributed by atoms with van der Waals surface area (Å²) in [7, 11) is 0. The molecule has 0 fully saturated rings. The number of aromatic amines is 1. The van der Waals surface area contributed by atoms with E-state index in [-0.39, 0.29) is 0 Å². The summed E-state index contributed by atoms with van der Waals surface area (Å²) in [5, 5.41) is 3.60. The highest BCUT2D eigenvalue weighted by atomic mass is 31.2. The van der Waals surface area contributed by atoms with Crippen molar-refractivity contribution in [1.29, 1.82) is 0 Å². The molecule has 1 aromatic rings. The molecule has 0 aliphatic rings. The molecule has 0 radical (unpaired) electrons. The van der Waals surface area contributed by atoms with Gasteiger partial charge in [-0.05, 0) is 32.8 Å². The standard InChI is InChI=1S/C10H19N4P/c1-8(14-11)10-12-7-9(13-10)5-6-15(2,3)4/h7H,2,5-6,11H2,1,3-4H3,(H,12,13)/b14-8+. The van der Waals surface area contributed by atoms with E-state index in [2.05, 4.69) is 34.7 Å². The summed E-state index contributed by atoms with van der Waals surface area (Å²) < 4.78 is 0. The van der Waals surface area contributed by atoms with Gasteiger partial charge in [0.15, 0.2) is 5.82 Å². The van der Waals surface area contributed by atoms with Crippen molar-refractivity contribution >= 4 is 18.9 Å². The van der Waals surface area contributed by atoms with Crippen LogP contribution in [0.2, 0.25) is 0 Å². The molecule has 0 aromatic carbocycles. The van der Waals surface area contributed by atoms with E-state index in [1.54, 1.807) is 0 Å². The fourth-order valence-electron chi connectivity index (χ4n) is 1.15. The van der Waals surface area contributed by atoms with Gasteiger partial charge in [-0.1, -0.05) is 0 Å². The summed E-state index contributed by atoms with van der Waals surface area (Å²) in [6.45, 7) is 5.33. The maximum absolute atomic E-state index is 5.18. The summed E-state index contributed by atoms with van der Waals surface area (Å²) >= 11 is 0. The Labute approximate surface area is 91.0 Å². The van der Waals surface area contributed by atoms with Crippen LogP contribution in [0, 0.1) is 0 Å². The molecule has 4 nitrogen and oxygen atoms in total. The number of nitrogens with one attached hydrogen (secondary N) is 1. The number of nitrogens with zero attached hydrogens (tertiary/aromatic N) is 2. The van der Waals surface area contributed by atoms with Gasteiger partial charge in [-0.2, -0.15) is 5.10 Å². The maximum atomic E-state index is 5.18. The molecular formula is C10H19N4P. The number of aromatic nitrogens is 2. The van der Waals surface area contributed by atoms with Crippen molar-refractivity contribution in [3.05, 3.63) is 17.7 Å². The maximum Gasteiger partial charge on any atom is 0.153 e. The van der Waals surface area contributed by atoms with E-state index >= 15 is 0 Å². The first-order valence-electron chi connectivity index (χ1n) is 4.89. The second-order valence-electron chi connectivity index (χ2n) is 4.36. The lowest BCUT2D eigenvalue weighted by Gasteiger charge is -2.09. The number of H-pyrrole nitrogens is 1. The zero-order valence-corrected chi connectivity index (χ0v) is 10.5. The fraction of sp³-hybridized carbons (Fsp3) is 0.500. The minimum Gasteiger partial charge on any atom is -0.343 e. The van der Waals surface area contributed by atoms with E-state index in [1.165, 1.54) is 0 Å². The minimum atomic E-state index is -0.961. The Balaban J connectivity index is 2.65. The lowest BCUT2D eigenvalue weighted by molar-refractivity contribution is 1.06. The monoisotopic (exact) mass is 226 g/mol. The van der Waals surface area contributed by atoms with Crippen LogP contribution in [0.1, 0.15) is 18.4 Å². The average molecular weight is 226 g/mol. The summed E-state index contributed by atoms with van der Waals surface area (Å²) in [5.41, 5.74) is 1.79. The Kier molecular flexibility index (Phi) is 3.75. The molecule has 0 aliphatic heterocycles. The third-order valence-electron chi connectivity index (χ3n) is 2.14. The zero-order valence-electron chi connectivity index (χ0n) is 9.62. The van der Waals surface area contributed by atoms with Gasteiger partial charge in [-0.3, -0.25) is 0 Å². The molecule has 1 aromatic heterocycles. The van der Waals surface area contributed by atoms with Crippen molar-refractivity contribution in [1.82, 2.24) is 9.97 Å². The van der Waals surface area contributed by atoms with Crippen molar-refractivity contribution in [2.75, 3.05) is 19.5 Å². The normalized spacial score (nSPS) is 13.1. The fourth-order valence-corrected chi connectivity index (χ4v) is 1.99. The van der Waals surface area contributed by atoms with Crippen molar-refractivity contribution in [2.45, 2.75) is 13.3 Å².